The predicted molar refractivity (Wildman–Crippen MR) is 64.3 cm³/mol. The third-order valence-electron chi connectivity index (χ3n) is 4.28. The number of fused-ring (bicyclic) bond motifs is 3. The number of ketones is 1. The van der Waals surface area contributed by atoms with Gasteiger partial charge in [0, 0.05) is 5.92 Å². The first kappa shape index (κ1) is 10.5. The highest BCUT2D eigenvalue weighted by atomic mass is 16.1. The summed E-state index contributed by atoms with van der Waals surface area (Å²) in [5.41, 5.74) is 2.75. The molecule has 0 aromatic heterocycles. The van der Waals surface area contributed by atoms with E-state index in [4.69, 9.17) is 5.26 Å². The Morgan fingerprint density at radius 3 is 3.00 bits per heavy atom. The monoisotopic (exact) mass is 225 g/mol. The van der Waals surface area contributed by atoms with Crippen molar-refractivity contribution in [3.8, 4) is 6.07 Å². The predicted octanol–water partition coefficient (Wildman–Crippen LogP) is 2.69. The van der Waals surface area contributed by atoms with Gasteiger partial charge in [-0.1, -0.05) is 24.3 Å². The van der Waals surface area contributed by atoms with Crippen molar-refractivity contribution < 1.29 is 4.79 Å². The molecular formula is C15H15NO. The third kappa shape index (κ3) is 1.50. The number of hydrogen-bond donors (Lipinski definition) is 0. The zero-order chi connectivity index (χ0) is 12.0. The second kappa shape index (κ2) is 3.70. The van der Waals surface area contributed by atoms with Crippen LogP contribution in [0.4, 0.5) is 0 Å². The average Bonchev–Trinajstić information content (AvgIpc) is 3.11. The minimum atomic E-state index is -0.447. The van der Waals surface area contributed by atoms with Crippen LogP contribution in [0.25, 0.3) is 0 Å². The Morgan fingerprint density at radius 1 is 1.47 bits per heavy atom. The number of aryl methyl sites for hydroxylation is 1. The molecule has 1 aromatic carbocycles. The van der Waals surface area contributed by atoms with Crippen molar-refractivity contribution >= 4 is 5.78 Å². The summed E-state index contributed by atoms with van der Waals surface area (Å²) in [6.45, 7) is 1.72. The van der Waals surface area contributed by atoms with Crippen LogP contribution in [-0.2, 0) is 11.2 Å². The van der Waals surface area contributed by atoms with E-state index >= 15 is 0 Å². The van der Waals surface area contributed by atoms with Crippen LogP contribution in [0.5, 0.6) is 0 Å². The Kier molecular flexibility index (Phi) is 2.29. The molecule has 0 amide bonds. The number of nitriles is 1. The topological polar surface area (TPSA) is 40.9 Å². The van der Waals surface area contributed by atoms with E-state index in [0.717, 1.165) is 12.8 Å². The molecule has 2 nitrogen and oxygen atoms in total. The summed E-state index contributed by atoms with van der Waals surface area (Å²) in [5, 5.41) is 8.84. The van der Waals surface area contributed by atoms with Crippen molar-refractivity contribution in [1.29, 1.82) is 5.26 Å². The normalized spacial score (nSPS) is 30.7. The number of rotatable bonds is 2. The highest BCUT2D eigenvalue weighted by Crippen LogP contribution is 2.60. The molecule has 3 rings (SSSR count). The number of nitrogens with zero attached hydrogens (tertiary/aromatic N) is 1. The number of carbonyl (C=O) groups excluding carboxylic acids is 1. The summed E-state index contributed by atoms with van der Waals surface area (Å²) >= 11 is 0. The minimum absolute atomic E-state index is 0.119. The summed E-state index contributed by atoms with van der Waals surface area (Å²) in [5.74, 6) is 0.738. The molecule has 86 valence electrons. The van der Waals surface area contributed by atoms with E-state index in [1.54, 1.807) is 6.92 Å². The first-order valence-corrected chi connectivity index (χ1v) is 6.25. The Bertz CT molecular complexity index is 514. The maximum atomic E-state index is 12.1. The second-order valence-electron chi connectivity index (χ2n) is 5.21. The Labute approximate surface area is 101 Å². The molecular weight excluding hydrogens is 210 g/mol. The Balaban J connectivity index is 1.88. The zero-order valence-electron chi connectivity index (χ0n) is 9.89. The fraction of sp³-hybridized carbons (Fsp3) is 0.467. The lowest BCUT2D eigenvalue weighted by Gasteiger charge is -2.13. The van der Waals surface area contributed by atoms with Gasteiger partial charge < -0.3 is 0 Å². The molecule has 0 N–H and O–H groups in total. The minimum Gasteiger partial charge on any atom is -0.298 e. The fourth-order valence-electron chi connectivity index (χ4n) is 3.31. The lowest BCUT2D eigenvalue weighted by Crippen LogP contribution is -2.12. The quantitative estimate of drug-likeness (QED) is 0.776. The molecule has 1 saturated carbocycles. The van der Waals surface area contributed by atoms with Crippen molar-refractivity contribution in [2.75, 3.05) is 0 Å². The highest BCUT2D eigenvalue weighted by Gasteiger charge is 2.57. The smallest absolute Gasteiger partial charge is 0.153 e. The molecule has 17 heavy (non-hydrogen) atoms. The Morgan fingerprint density at radius 2 is 2.24 bits per heavy atom. The molecule has 2 aliphatic carbocycles. The van der Waals surface area contributed by atoms with E-state index in [1.807, 2.05) is 0 Å². The van der Waals surface area contributed by atoms with Crippen LogP contribution >= 0.6 is 0 Å². The largest absolute Gasteiger partial charge is 0.298 e. The van der Waals surface area contributed by atoms with Crippen LogP contribution in [0, 0.1) is 29.1 Å². The van der Waals surface area contributed by atoms with E-state index in [0.29, 0.717) is 11.8 Å². The van der Waals surface area contributed by atoms with E-state index in [-0.39, 0.29) is 11.7 Å². The summed E-state index contributed by atoms with van der Waals surface area (Å²) in [6, 6.07) is 10.5. The van der Waals surface area contributed by atoms with Gasteiger partial charge in [0.15, 0.2) is 5.78 Å². The molecule has 4 atom stereocenters. The highest BCUT2D eigenvalue weighted by molar-refractivity contribution is 5.89. The lowest BCUT2D eigenvalue weighted by atomic mass is 9.92. The van der Waals surface area contributed by atoms with Crippen molar-refractivity contribution in [3.05, 3.63) is 35.4 Å². The maximum absolute atomic E-state index is 12.1. The van der Waals surface area contributed by atoms with E-state index in [2.05, 4.69) is 30.3 Å². The van der Waals surface area contributed by atoms with Gasteiger partial charge in [0.2, 0.25) is 0 Å². The van der Waals surface area contributed by atoms with Gasteiger partial charge in [-0.3, -0.25) is 4.79 Å². The molecule has 0 heterocycles. The second-order valence-corrected chi connectivity index (χ2v) is 5.21. The van der Waals surface area contributed by atoms with Gasteiger partial charge in [-0.25, -0.2) is 0 Å². The third-order valence-corrected chi connectivity index (χ3v) is 4.28. The number of hydrogen-bond acceptors (Lipinski definition) is 2. The lowest BCUT2D eigenvalue weighted by molar-refractivity contribution is -0.122. The van der Waals surface area contributed by atoms with Crippen LogP contribution in [0.15, 0.2) is 24.3 Å². The average molecular weight is 225 g/mol. The van der Waals surface area contributed by atoms with Gasteiger partial charge in [-0.15, -0.1) is 0 Å². The van der Waals surface area contributed by atoms with Crippen LogP contribution in [0.3, 0.4) is 0 Å². The molecule has 0 bridgehead atoms. The number of benzene rings is 1. The maximum Gasteiger partial charge on any atom is 0.153 e. The fourth-order valence-corrected chi connectivity index (χ4v) is 3.31. The zero-order valence-corrected chi connectivity index (χ0v) is 9.89. The summed E-state index contributed by atoms with van der Waals surface area (Å²) in [4.78, 5) is 12.1. The molecule has 0 radical (unpaired) electrons. The summed E-state index contributed by atoms with van der Waals surface area (Å²) in [6.07, 6.45) is 2.19. The van der Waals surface area contributed by atoms with Crippen LogP contribution in [-0.4, -0.2) is 5.78 Å². The summed E-state index contributed by atoms with van der Waals surface area (Å²) in [7, 11) is 0. The molecule has 0 aliphatic heterocycles. The van der Waals surface area contributed by atoms with Crippen LogP contribution in [0.1, 0.15) is 30.4 Å². The van der Waals surface area contributed by atoms with Gasteiger partial charge >= 0.3 is 0 Å². The van der Waals surface area contributed by atoms with E-state index in [1.165, 1.54) is 11.1 Å². The van der Waals surface area contributed by atoms with Gasteiger partial charge in [-0.2, -0.15) is 5.26 Å². The standard InChI is InChI=1S/C15H15NO/c1-9(8-16)15(17)14-12-7-6-10-4-2-3-5-11(10)13(12)14/h2-5,9,12-14H,6-7H2,1H3. The van der Waals surface area contributed by atoms with E-state index in [9.17, 15) is 4.79 Å². The molecule has 4 unspecified atom stereocenters. The molecule has 1 fully saturated rings. The van der Waals surface area contributed by atoms with Crippen molar-refractivity contribution in [3.63, 3.8) is 0 Å². The molecule has 0 spiro atoms. The van der Waals surface area contributed by atoms with Gasteiger partial charge in [0.1, 0.15) is 5.92 Å². The van der Waals surface area contributed by atoms with Gasteiger partial charge in [0.25, 0.3) is 0 Å². The Hall–Kier alpha value is -1.62. The molecule has 2 aliphatic rings. The van der Waals surface area contributed by atoms with Crippen LogP contribution < -0.4 is 0 Å². The van der Waals surface area contributed by atoms with Crippen LogP contribution in [0.2, 0.25) is 0 Å². The first-order chi connectivity index (χ1) is 8.24. The molecule has 2 heteroatoms. The number of carbonyl (C=O) groups is 1. The molecule has 0 saturated heterocycles. The first-order valence-electron chi connectivity index (χ1n) is 6.25. The van der Waals surface area contributed by atoms with Crippen molar-refractivity contribution in [2.24, 2.45) is 17.8 Å². The van der Waals surface area contributed by atoms with Crippen molar-refractivity contribution in [2.45, 2.75) is 25.7 Å². The summed E-state index contributed by atoms with van der Waals surface area (Å²) < 4.78 is 0. The van der Waals surface area contributed by atoms with Crippen molar-refractivity contribution in [1.82, 2.24) is 0 Å². The SMILES string of the molecule is CC(C#N)C(=O)C1C2CCc3ccccc3C21. The van der Waals surface area contributed by atoms with E-state index < -0.39 is 5.92 Å². The van der Waals surface area contributed by atoms with Gasteiger partial charge in [0.05, 0.1) is 6.07 Å². The number of Topliss-reactive ketones (excluding diaryl/α,β-unsaturated/α-hetero) is 1. The molecule has 1 aromatic rings. The van der Waals surface area contributed by atoms with Gasteiger partial charge in [-0.05, 0) is 42.7 Å².